The number of anilines is 1. The third-order valence-electron chi connectivity index (χ3n) is 6.23. The molecule has 3 aromatic rings. The average Bonchev–Trinajstić information content (AvgIpc) is 3.47. The summed E-state index contributed by atoms with van der Waals surface area (Å²) in [6, 6.07) is 4.40. The normalized spacial score (nSPS) is 17.9. The molecule has 0 spiro atoms. The summed E-state index contributed by atoms with van der Waals surface area (Å²) in [6.45, 7) is 10.6. The van der Waals surface area contributed by atoms with Gasteiger partial charge in [-0.25, -0.2) is 9.40 Å². The molecule has 2 aliphatic rings. The van der Waals surface area contributed by atoms with Crippen LogP contribution in [-0.2, 0) is 15.3 Å². The molecular formula is C23H31N7O2S3. The highest BCUT2D eigenvalue weighted by Crippen LogP contribution is 2.35. The third kappa shape index (κ3) is 5.17. The number of rotatable bonds is 8. The van der Waals surface area contributed by atoms with Gasteiger partial charge in [-0.2, -0.15) is 16.9 Å². The lowest BCUT2D eigenvalue weighted by atomic mass is 10.0. The highest BCUT2D eigenvalue weighted by Gasteiger charge is 2.33. The second-order valence-corrected chi connectivity index (χ2v) is 12.4. The summed E-state index contributed by atoms with van der Waals surface area (Å²) in [7, 11) is 0. The molecular weight excluding hydrogens is 503 g/mol. The van der Waals surface area contributed by atoms with E-state index in [1.165, 1.54) is 0 Å². The van der Waals surface area contributed by atoms with E-state index in [1.807, 2.05) is 29.6 Å². The second kappa shape index (κ2) is 10.3. The molecule has 1 N–H and O–H groups in total. The first-order valence-electron chi connectivity index (χ1n) is 11.8. The van der Waals surface area contributed by atoms with Gasteiger partial charge in [0.15, 0.2) is 0 Å². The number of nitrogens with zero attached hydrogens (tertiary/aromatic N) is 6. The predicted molar refractivity (Wildman–Crippen MR) is 144 cm³/mol. The topological polar surface area (TPSA) is 88.4 Å². The molecule has 0 aliphatic carbocycles. The van der Waals surface area contributed by atoms with Gasteiger partial charge < -0.3 is 14.5 Å². The highest BCUT2D eigenvalue weighted by molar-refractivity contribution is 7.98. The van der Waals surface area contributed by atoms with E-state index in [0.717, 1.165) is 63.6 Å². The number of aromatic nitrogens is 4. The fourth-order valence-corrected chi connectivity index (χ4v) is 6.57. The molecule has 188 valence electrons. The van der Waals surface area contributed by atoms with E-state index in [1.54, 1.807) is 35.0 Å². The highest BCUT2D eigenvalue weighted by atomic mass is 32.2. The monoisotopic (exact) mass is 533 g/mol. The van der Waals surface area contributed by atoms with Crippen molar-refractivity contribution in [2.75, 3.05) is 50.5 Å². The Hall–Kier alpha value is -1.86. The molecule has 2 aromatic heterocycles. The molecule has 9 nitrogen and oxygen atoms in total. The first-order chi connectivity index (χ1) is 16.9. The molecule has 2 aliphatic heterocycles. The Balaban J connectivity index is 1.47. The molecule has 0 saturated carbocycles. The number of ether oxygens (including phenoxy) is 1. The van der Waals surface area contributed by atoms with E-state index in [9.17, 15) is 4.79 Å². The molecule has 0 atom stereocenters. The van der Waals surface area contributed by atoms with Crippen LogP contribution < -0.4 is 9.62 Å². The zero-order valence-corrected chi connectivity index (χ0v) is 22.9. The van der Waals surface area contributed by atoms with Crippen LogP contribution in [0.2, 0.25) is 0 Å². The Kier molecular flexibility index (Phi) is 7.27. The number of hydrogen-bond acceptors (Lipinski definition) is 10. The summed E-state index contributed by atoms with van der Waals surface area (Å²) < 4.78 is 10.9. The van der Waals surface area contributed by atoms with Gasteiger partial charge in [-0.3, -0.25) is 4.79 Å². The average molecular weight is 534 g/mol. The van der Waals surface area contributed by atoms with Gasteiger partial charge in [0.2, 0.25) is 11.0 Å². The fraction of sp³-hybridized carbons (Fsp3) is 0.565. The molecule has 0 bridgehead atoms. The minimum Gasteiger partial charge on any atom is -0.377 e. The number of nitrogens with one attached hydrogen (secondary N) is 1. The number of hydrogen-bond donors (Lipinski definition) is 1. The number of carbonyl (C=O) groups is 1. The van der Waals surface area contributed by atoms with Crippen LogP contribution in [0.5, 0.6) is 0 Å². The molecule has 35 heavy (non-hydrogen) atoms. The van der Waals surface area contributed by atoms with E-state index in [2.05, 4.69) is 45.1 Å². The van der Waals surface area contributed by atoms with Gasteiger partial charge in [-0.05, 0) is 37.3 Å². The van der Waals surface area contributed by atoms with Gasteiger partial charge in [0, 0.05) is 53.8 Å². The van der Waals surface area contributed by atoms with Crippen molar-refractivity contribution in [2.24, 2.45) is 5.92 Å². The van der Waals surface area contributed by atoms with Gasteiger partial charge in [-0.1, -0.05) is 25.2 Å². The van der Waals surface area contributed by atoms with Crippen LogP contribution >= 0.6 is 35.0 Å². The van der Waals surface area contributed by atoms with Gasteiger partial charge in [0.05, 0.1) is 30.5 Å². The van der Waals surface area contributed by atoms with E-state index in [0.29, 0.717) is 13.2 Å². The second-order valence-electron chi connectivity index (χ2n) is 9.57. The minimum atomic E-state index is -0.0190. The van der Waals surface area contributed by atoms with Gasteiger partial charge in [0.1, 0.15) is 5.01 Å². The van der Waals surface area contributed by atoms with Gasteiger partial charge in [0.25, 0.3) is 0 Å². The first-order valence-corrected chi connectivity index (χ1v) is 14.8. The summed E-state index contributed by atoms with van der Waals surface area (Å²) in [4.78, 5) is 17.9. The summed E-state index contributed by atoms with van der Waals surface area (Å²) in [5.74, 6) is 1.09. The summed E-state index contributed by atoms with van der Waals surface area (Å²) in [6.07, 6.45) is 3.99. The smallest absolute Gasteiger partial charge is 0.233 e. The maximum Gasteiger partial charge on any atom is 0.233 e. The van der Waals surface area contributed by atoms with Crippen molar-refractivity contribution in [1.29, 1.82) is 0 Å². The number of fused-ring (bicyclic) bond motifs is 1. The molecule has 0 radical (unpaired) electrons. The van der Waals surface area contributed by atoms with Crippen molar-refractivity contribution in [3.8, 4) is 5.13 Å². The van der Waals surface area contributed by atoms with Crippen molar-refractivity contribution in [3.05, 3.63) is 23.3 Å². The maximum absolute atomic E-state index is 12.5. The molecule has 0 unspecified atom stereocenters. The number of piperazine rings is 1. The van der Waals surface area contributed by atoms with Crippen LogP contribution in [0.4, 0.5) is 5.69 Å². The lowest BCUT2D eigenvalue weighted by Crippen LogP contribution is -2.55. The van der Waals surface area contributed by atoms with Crippen molar-refractivity contribution in [1.82, 2.24) is 29.6 Å². The molecule has 12 heteroatoms. The van der Waals surface area contributed by atoms with Crippen molar-refractivity contribution in [2.45, 2.75) is 37.0 Å². The molecule has 1 amide bonds. The number of thioether (sulfide) groups is 1. The van der Waals surface area contributed by atoms with Gasteiger partial charge in [-0.15, -0.1) is 10.2 Å². The van der Waals surface area contributed by atoms with E-state index in [4.69, 9.17) is 9.84 Å². The van der Waals surface area contributed by atoms with Crippen molar-refractivity contribution in [3.63, 3.8) is 0 Å². The molecule has 2 saturated heterocycles. The number of amides is 1. The summed E-state index contributed by atoms with van der Waals surface area (Å²) in [5, 5.41) is 16.3. The molecule has 2 fully saturated rings. The van der Waals surface area contributed by atoms with E-state index < -0.39 is 0 Å². The lowest BCUT2D eigenvalue weighted by molar-refractivity contribution is -0.134. The maximum atomic E-state index is 12.5. The SMILES string of the molecule is CSCc1nnc(-n2ncc3c(N4CCN(C(=O)C(C)C)CC4)cc(SNC4(C)COC4)cc32)s1. The van der Waals surface area contributed by atoms with Crippen molar-refractivity contribution < 1.29 is 9.53 Å². The van der Waals surface area contributed by atoms with E-state index >= 15 is 0 Å². The van der Waals surface area contributed by atoms with Crippen molar-refractivity contribution >= 4 is 57.5 Å². The van der Waals surface area contributed by atoms with Crippen LogP contribution in [0.15, 0.2) is 23.2 Å². The number of benzene rings is 1. The Labute approximate surface area is 218 Å². The summed E-state index contributed by atoms with van der Waals surface area (Å²) in [5.41, 5.74) is 2.13. The number of carbonyl (C=O) groups excluding carboxylic acids is 1. The van der Waals surface area contributed by atoms with Crippen LogP contribution in [0.3, 0.4) is 0 Å². The Morgan fingerprint density at radius 3 is 2.66 bits per heavy atom. The van der Waals surface area contributed by atoms with E-state index in [-0.39, 0.29) is 17.4 Å². The molecule has 5 rings (SSSR count). The first kappa shape index (κ1) is 24.8. The zero-order valence-electron chi connectivity index (χ0n) is 20.5. The quantitative estimate of drug-likeness (QED) is 0.438. The van der Waals surface area contributed by atoms with Gasteiger partial charge >= 0.3 is 0 Å². The Morgan fingerprint density at radius 1 is 1.23 bits per heavy atom. The van der Waals surface area contributed by atoms with Crippen LogP contribution in [0.25, 0.3) is 16.0 Å². The fourth-order valence-electron chi connectivity index (χ4n) is 4.25. The standard InChI is InChI=1S/C23H31N7O2S3/c1-15(2)21(31)29-7-5-28(6-8-29)18-9-16(35-27-23(3)13-32-14-23)10-19-17(18)11-24-30(19)22-26-25-20(34-22)12-33-4/h9-11,15,27H,5-8,12-14H2,1-4H3. The van der Waals surface area contributed by atoms with Crippen LogP contribution in [0.1, 0.15) is 25.8 Å². The molecule has 4 heterocycles. The van der Waals surface area contributed by atoms with Crippen LogP contribution in [-0.4, -0.2) is 82.0 Å². The minimum absolute atomic E-state index is 0.0190. The zero-order chi connectivity index (χ0) is 24.6. The predicted octanol–water partition coefficient (Wildman–Crippen LogP) is 3.43. The molecule has 1 aromatic carbocycles. The third-order valence-corrected chi connectivity index (χ3v) is 8.94. The largest absolute Gasteiger partial charge is 0.377 e. The van der Waals surface area contributed by atoms with Crippen LogP contribution in [0, 0.1) is 5.92 Å². The summed E-state index contributed by atoms with van der Waals surface area (Å²) >= 11 is 4.94. The Morgan fingerprint density at radius 2 is 2.00 bits per heavy atom. The lowest BCUT2D eigenvalue weighted by Gasteiger charge is -2.38. The Bertz CT molecular complexity index is 1200.